The van der Waals surface area contributed by atoms with Gasteiger partial charge >= 0.3 is 0 Å². The quantitative estimate of drug-likeness (QED) is 0.687. The van der Waals surface area contributed by atoms with Crippen LogP contribution in [0.15, 0.2) is 23.1 Å². The normalized spacial score (nSPS) is 25.4. The molecule has 2 aliphatic heterocycles. The van der Waals surface area contributed by atoms with Gasteiger partial charge in [-0.1, -0.05) is 31.5 Å². The average molecular weight is 389 g/mol. The highest BCUT2D eigenvalue weighted by Crippen LogP contribution is 2.37. The number of amides is 1. The Labute approximate surface area is 160 Å². The van der Waals surface area contributed by atoms with Crippen molar-refractivity contribution in [3.05, 3.63) is 23.2 Å². The van der Waals surface area contributed by atoms with Crippen LogP contribution in [0, 0.1) is 5.92 Å². The molecule has 134 valence electrons. The highest BCUT2D eigenvalue weighted by Gasteiger charge is 2.34. The minimum absolute atomic E-state index is 0. The van der Waals surface area contributed by atoms with Crippen molar-refractivity contribution in [1.29, 1.82) is 0 Å². The molecule has 2 unspecified atom stereocenters. The number of carbonyl (C=O) groups is 1. The van der Waals surface area contributed by atoms with E-state index in [1.807, 2.05) is 18.2 Å². The van der Waals surface area contributed by atoms with Crippen LogP contribution >= 0.6 is 35.8 Å². The van der Waals surface area contributed by atoms with Crippen molar-refractivity contribution in [2.75, 3.05) is 5.32 Å². The number of thioether (sulfide) groups is 1. The number of nitrogens with one attached hydrogen (secondary N) is 2. The van der Waals surface area contributed by atoms with Gasteiger partial charge in [0, 0.05) is 28.6 Å². The third kappa shape index (κ3) is 5.04. The first-order valence-corrected chi connectivity index (χ1v) is 9.78. The van der Waals surface area contributed by atoms with E-state index in [9.17, 15) is 4.79 Å². The Bertz CT molecular complexity index is 570. The van der Waals surface area contributed by atoms with Crippen molar-refractivity contribution in [2.24, 2.45) is 5.92 Å². The fourth-order valence-electron chi connectivity index (χ4n) is 3.77. The van der Waals surface area contributed by atoms with E-state index < -0.39 is 0 Å². The molecule has 0 saturated carbocycles. The first kappa shape index (κ1) is 19.9. The van der Waals surface area contributed by atoms with Gasteiger partial charge in [0.2, 0.25) is 5.91 Å². The van der Waals surface area contributed by atoms with E-state index in [1.165, 1.54) is 12.8 Å². The molecule has 2 heterocycles. The maximum Gasteiger partial charge on any atom is 0.224 e. The number of fused-ring (bicyclic) bond motifs is 2. The molecule has 0 aliphatic carbocycles. The predicted octanol–water partition coefficient (Wildman–Crippen LogP) is 5.12. The molecule has 1 aromatic rings. The lowest BCUT2D eigenvalue weighted by Crippen LogP contribution is -2.39. The van der Waals surface area contributed by atoms with Crippen molar-refractivity contribution in [1.82, 2.24) is 5.32 Å². The van der Waals surface area contributed by atoms with Crippen LogP contribution in [0.1, 0.15) is 46.0 Å². The van der Waals surface area contributed by atoms with Crippen LogP contribution in [-0.4, -0.2) is 23.2 Å². The number of hydrogen-bond acceptors (Lipinski definition) is 3. The van der Waals surface area contributed by atoms with E-state index in [0.717, 1.165) is 23.4 Å². The van der Waals surface area contributed by atoms with E-state index >= 15 is 0 Å². The van der Waals surface area contributed by atoms with Crippen LogP contribution in [0.5, 0.6) is 0 Å². The number of hydrogen-bond donors (Lipinski definition) is 2. The molecule has 6 heteroatoms. The molecule has 0 radical (unpaired) electrons. The average Bonchev–Trinajstić information content (AvgIpc) is 2.81. The molecule has 0 aromatic heterocycles. The van der Waals surface area contributed by atoms with Gasteiger partial charge in [-0.05, 0) is 43.7 Å². The Balaban J connectivity index is 0.00000208. The number of rotatable bonds is 5. The first-order chi connectivity index (χ1) is 11.0. The molecular weight excluding hydrogens is 363 g/mol. The van der Waals surface area contributed by atoms with Crippen LogP contribution in [0.2, 0.25) is 5.02 Å². The molecule has 0 spiro atoms. The molecule has 2 aliphatic rings. The van der Waals surface area contributed by atoms with Gasteiger partial charge < -0.3 is 10.6 Å². The topological polar surface area (TPSA) is 41.1 Å². The summed E-state index contributed by atoms with van der Waals surface area (Å²) in [6.07, 6.45) is 5.42. The molecular formula is C18H26Cl2N2OS. The summed E-state index contributed by atoms with van der Waals surface area (Å²) < 4.78 is 0. The lowest BCUT2D eigenvalue weighted by Gasteiger charge is -2.28. The molecule has 1 aromatic carbocycles. The van der Waals surface area contributed by atoms with Crippen LogP contribution < -0.4 is 10.6 Å². The van der Waals surface area contributed by atoms with Crippen molar-refractivity contribution in [3.8, 4) is 0 Å². The van der Waals surface area contributed by atoms with Crippen LogP contribution in [-0.2, 0) is 4.79 Å². The Hall–Kier alpha value is -0.420. The zero-order chi connectivity index (χ0) is 16.4. The van der Waals surface area contributed by atoms with Gasteiger partial charge in [0.1, 0.15) is 0 Å². The van der Waals surface area contributed by atoms with Crippen LogP contribution in [0.25, 0.3) is 0 Å². The second kappa shape index (κ2) is 8.79. The Morgan fingerprint density at radius 3 is 2.62 bits per heavy atom. The second-order valence-corrected chi connectivity index (χ2v) is 9.00. The molecule has 2 saturated heterocycles. The third-order valence-corrected chi connectivity index (χ3v) is 6.21. The van der Waals surface area contributed by atoms with Gasteiger partial charge in [-0.2, -0.15) is 0 Å². The van der Waals surface area contributed by atoms with Crippen molar-refractivity contribution >= 4 is 47.4 Å². The smallest absolute Gasteiger partial charge is 0.224 e. The molecule has 2 bridgehead atoms. The second-order valence-electron chi connectivity index (χ2n) is 7.01. The lowest BCUT2D eigenvalue weighted by atomic mass is 9.89. The monoisotopic (exact) mass is 388 g/mol. The van der Waals surface area contributed by atoms with Gasteiger partial charge in [0.25, 0.3) is 0 Å². The summed E-state index contributed by atoms with van der Waals surface area (Å²) in [6.45, 7) is 4.26. The summed E-state index contributed by atoms with van der Waals surface area (Å²) in [5.41, 5.74) is 0.845. The van der Waals surface area contributed by atoms with E-state index in [2.05, 4.69) is 24.5 Å². The van der Waals surface area contributed by atoms with Crippen molar-refractivity contribution < 1.29 is 4.79 Å². The maximum atomic E-state index is 12.5. The van der Waals surface area contributed by atoms with Crippen molar-refractivity contribution in [2.45, 2.75) is 68.2 Å². The fourth-order valence-corrected chi connectivity index (χ4v) is 4.97. The largest absolute Gasteiger partial charge is 0.325 e. The summed E-state index contributed by atoms with van der Waals surface area (Å²) in [4.78, 5) is 13.5. The molecule has 24 heavy (non-hydrogen) atoms. The predicted molar refractivity (Wildman–Crippen MR) is 106 cm³/mol. The fraction of sp³-hybridized carbons (Fsp3) is 0.611. The molecule has 3 rings (SSSR count). The molecule has 3 nitrogen and oxygen atoms in total. The highest BCUT2D eigenvalue weighted by atomic mass is 35.5. The van der Waals surface area contributed by atoms with E-state index in [0.29, 0.717) is 34.7 Å². The summed E-state index contributed by atoms with van der Waals surface area (Å²) in [7, 11) is 0. The summed E-state index contributed by atoms with van der Waals surface area (Å²) in [5, 5.41) is 7.85. The number of halogens is 2. The standard InChI is InChI=1S/C18H25ClN2OS.ClH/c1-11(2)23-18-15(19)4-3-5-16(18)21-17(22)10-12-8-13-6-7-14(9-12)20-13;/h3-5,11-14,20H,6-10H2,1-2H3,(H,21,22);1H. The van der Waals surface area contributed by atoms with Gasteiger partial charge in [0.15, 0.2) is 0 Å². The van der Waals surface area contributed by atoms with E-state index in [4.69, 9.17) is 11.6 Å². The number of piperidine rings is 1. The first-order valence-electron chi connectivity index (χ1n) is 8.52. The molecule has 2 fully saturated rings. The summed E-state index contributed by atoms with van der Waals surface area (Å²) >= 11 is 8.01. The summed E-state index contributed by atoms with van der Waals surface area (Å²) in [5.74, 6) is 0.623. The Morgan fingerprint density at radius 1 is 1.33 bits per heavy atom. The number of benzene rings is 1. The van der Waals surface area contributed by atoms with Gasteiger partial charge in [-0.25, -0.2) is 0 Å². The minimum Gasteiger partial charge on any atom is -0.325 e. The minimum atomic E-state index is 0. The third-order valence-electron chi connectivity index (χ3n) is 4.64. The van der Waals surface area contributed by atoms with Gasteiger partial charge in [-0.15, -0.1) is 24.2 Å². The van der Waals surface area contributed by atoms with Crippen LogP contribution in [0.4, 0.5) is 5.69 Å². The van der Waals surface area contributed by atoms with Crippen molar-refractivity contribution in [3.63, 3.8) is 0 Å². The SMILES string of the molecule is CC(C)Sc1c(Cl)cccc1NC(=O)CC1CC2CCC(C1)N2.Cl. The van der Waals surface area contributed by atoms with E-state index in [-0.39, 0.29) is 18.3 Å². The van der Waals surface area contributed by atoms with Crippen LogP contribution in [0.3, 0.4) is 0 Å². The Kier molecular flexibility index (Phi) is 7.29. The molecule has 1 amide bonds. The zero-order valence-corrected chi connectivity index (χ0v) is 16.6. The molecule has 2 N–H and O–H groups in total. The van der Waals surface area contributed by atoms with E-state index in [1.54, 1.807) is 11.8 Å². The number of anilines is 1. The lowest BCUT2D eigenvalue weighted by molar-refractivity contribution is -0.117. The zero-order valence-electron chi connectivity index (χ0n) is 14.2. The van der Waals surface area contributed by atoms with Gasteiger partial charge in [0.05, 0.1) is 10.7 Å². The number of carbonyl (C=O) groups excluding carboxylic acids is 1. The summed E-state index contributed by atoms with van der Waals surface area (Å²) in [6, 6.07) is 6.98. The molecule has 2 atom stereocenters. The maximum absolute atomic E-state index is 12.5. The highest BCUT2D eigenvalue weighted by molar-refractivity contribution is 8.00. The Morgan fingerprint density at radius 2 is 2.00 bits per heavy atom. The van der Waals surface area contributed by atoms with Gasteiger partial charge in [-0.3, -0.25) is 4.79 Å².